The summed E-state index contributed by atoms with van der Waals surface area (Å²) in [4.78, 5) is 56.6. The normalized spacial score (nSPS) is 18.1. The molecule has 0 atom stereocenters. The Balaban J connectivity index is 1.33. The number of nitrogens with zero attached hydrogens (tertiary/aromatic N) is 2. The molecule has 4 rings (SSSR count). The highest BCUT2D eigenvalue weighted by atomic mass is 16.5. The summed E-state index contributed by atoms with van der Waals surface area (Å²) in [5.74, 6) is -0.607. The van der Waals surface area contributed by atoms with E-state index in [1.54, 1.807) is 24.3 Å². The van der Waals surface area contributed by atoms with Gasteiger partial charge in [-0.25, -0.2) is 9.78 Å². The van der Waals surface area contributed by atoms with E-state index < -0.39 is 17.5 Å². The van der Waals surface area contributed by atoms with Crippen LogP contribution in [0.25, 0.3) is 10.9 Å². The lowest BCUT2D eigenvalue weighted by atomic mass is 9.98. The molecule has 1 spiro atoms. The molecule has 1 saturated heterocycles. The number of H-pyrrole nitrogens is 1. The Morgan fingerprint density at radius 1 is 1.18 bits per heavy atom. The molecular formula is C19H20N4O5. The molecule has 2 heterocycles. The summed E-state index contributed by atoms with van der Waals surface area (Å²) in [6, 6.07) is 6.41. The summed E-state index contributed by atoms with van der Waals surface area (Å²) in [5.41, 5.74) is -0.577. The van der Waals surface area contributed by atoms with Crippen LogP contribution in [-0.4, -0.2) is 44.9 Å². The third kappa shape index (κ3) is 3.23. The number of carbonyl (C=O) groups is 3. The Bertz CT molecular complexity index is 1010. The van der Waals surface area contributed by atoms with Crippen LogP contribution in [0.3, 0.4) is 0 Å². The number of carbonyl (C=O) groups excluding carboxylic acids is 3. The van der Waals surface area contributed by atoms with Crippen LogP contribution in [0.1, 0.15) is 37.9 Å². The number of aromatic nitrogens is 2. The number of amides is 3. The van der Waals surface area contributed by atoms with Crippen LogP contribution in [0.5, 0.6) is 0 Å². The predicted molar refractivity (Wildman–Crippen MR) is 98.2 cm³/mol. The molecule has 1 aromatic heterocycles. The molecular weight excluding hydrogens is 364 g/mol. The van der Waals surface area contributed by atoms with Gasteiger partial charge in [0, 0.05) is 6.54 Å². The molecule has 1 aromatic carbocycles. The average Bonchev–Trinajstić information content (AvgIpc) is 3.24. The molecule has 3 amide bonds. The van der Waals surface area contributed by atoms with Gasteiger partial charge in [0.25, 0.3) is 11.5 Å². The van der Waals surface area contributed by atoms with Crippen molar-refractivity contribution in [3.05, 3.63) is 40.4 Å². The summed E-state index contributed by atoms with van der Waals surface area (Å²) in [6.07, 6.45) is 2.96. The topological polar surface area (TPSA) is 121 Å². The first kappa shape index (κ1) is 18.1. The second kappa shape index (κ2) is 7.06. The maximum atomic E-state index is 12.5. The van der Waals surface area contributed by atoms with E-state index in [2.05, 4.69) is 15.3 Å². The Hall–Kier alpha value is -3.23. The standard InChI is InChI=1S/C19H20N4O5/c24-15(7-10-23-17(26)19(22-18(23)27)8-3-4-9-19)28-11-14-20-13-6-2-1-5-12(13)16(25)21-14/h1-2,5-6H,3-4,7-11H2,(H,22,27)(H,20,21,25). The fourth-order valence-corrected chi connectivity index (χ4v) is 3.82. The summed E-state index contributed by atoms with van der Waals surface area (Å²) in [5, 5.41) is 3.23. The van der Waals surface area contributed by atoms with Gasteiger partial charge >= 0.3 is 12.0 Å². The molecule has 0 unspecified atom stereocenters. The average molecular weight is 384 g/mol. The van der Waals surface area contributed by atoms with Crippen molar-refractivity contribution in [3.63, 3.8) is 0 Å². The first-order valence-corrected chi connectivity index (χ1v) is 9.26. The van der Waals surface area contributed by atoms with Crippen molar-refractivity contribution in [1.82, 2.24) is 20.2 Å². The van der Waals surface area contributed by atoms with Crippen LogP contribution >= 0.6 is 0 Å². The summed E-state index contributed by atoms with van der Waals surface area (Å²) >= 11 is 0. The maximum absolute atomic E-state index is 12.5. The number of urea groups is 1. The molecule has 0 bridgehead atoms. The lowest BCUT2D eigenvalue weighted by molar-refractivity contribution is -0.145. The Morgan fingerprint density at radius 2 is 1.93 bits per heavy atom. The van der Waals surface area contributed by atoms with Crippen molar-refractivity contribution in [2.45, 2.75) is 44.2 Å². The molecule has 9 heteroatoms. The highest BCUT2D eigenvalue weighted by Crippen LogP contribution is 2.35. The van der Waals surface area contributed by atoms with Crippen LogP contribution in [-0.2, 0) is 20.9 Å². The largest absolute Gasteiger partial charge is 0.457 e. The second-order valence-electron chi connectivity index (χ2n) is 7.12. The van der Waals surface area contributed by atoms with Crippen LogP contribution in [0.15, 0.2) is 29.1 Å². The lowest BCUT2D eigenvalue weighted by Gasteiger charge is -2.19. The van der Waals surface area contributed by atoms with Gasteiger partial charge < -0.3 is 15.0 Å². The first-order valence-electron chi connectivity index (χ1n) is 9.26. The number of benzene rings is 1. The summed E-state index contributed by atoms with van der Waals surface area (Å²) in [6.45, 7) is -0.226. The maximum Gasteiger partial charge on any atom is 0.325 e. The third-order valence-electron chi connectivity index (χ3n) is 5.27. The van der Waals surface area contributed by atoms with Gasteiger partial charge in [0.05, 0.1) is 17.3 Å². The van der Waals surface area contributed by atoms with E-state index in [0.717, 1.165) is 17.7 Å². The molecule has 28 heavy (non-hydrogen) atoms. The van der Waals surface area contributed by atoms with Gasteiger partial charge in [-0.05, 0) is 25.0 Å². The van der Waals surface area contributed by atoms with Gasteiger partial charge in [0.2, 0.25) is 0 Å². The minimum Gasteiger partial charge on any atom is -0.457 e. The molecule has 2 aromatic rings. The second-order valence-corrected chi connectivity index (χ2v) is 7.12. The van der Waals surface area contributed by atoms with E-state index in [1.807, 2.05) is 0 Å². The van der Waals surface area contributed by atoms with Crippen LogP contribution < -0.4 is 10.9 Å². The van der Waals surface area contributed by atoms with Gasteiger partial charge in [-0.2, -0.15) is 0 Å². The van der Waals surface area contributed by atoms with E-state index in [1.165, 1.54) is 0 Å². The van der Waals surface area contributed by atoms with Crippen molar-refractivity contribution in [2.24, 2.45) is 0 Å². The molecule has 1 aliphatic carbocycles. The molecule has 1 aliphatic heterocycles. The zero-order valence-corrected chi connectivity index (χ0v) is 15.2. The molecule has 0 radical (unpaired) electrons. The number of imide groups is 1. The van der Waals surface area contributed by atoms with Crippen LogP contribution in [0, 0.1) is 0 Å². The summed E-state index contributed by atoms with van der Waals surface area (Å²) in [7, 11) is 0. The molecule has 2 fully saturated rings. The number of fused-ring (bicyclic) bond motifs is 1. The number of hydrogen-bond acceptors (Lipinski definition) is 6. The van der Waals surface area contributed by atoms with Crippen LogP contribution in [0.4, 0.5) is 4.79 Å². The smallest absolute Gasteiger partial charge is 0.325 e. The number of esters is 1. The number of hydrogen-bond donors (Lipinski definition) is 2. The van der Waals surface area contributed by atoms with Crippen molar-refractivity contribution >= 4 is 28.8 Å². The number of rotatable bonds is 5. The van der Waals surface area contributed by atoms with E-state index in [-0.39, 0.29) is 36.9 Å². The number of nitrogens with one attached hydrogen (secondary N) is 2. The van der Waals surface area contributed by atoms with E-state index in [4.69, 9.17) is 4.74 Å². The number of para-hydroxylation sites is 1. The Morgan fingerprint density at radius 3 is 2.71 bits per heavy atom. The number of ether oxygens (including phenoxy) is 1. The van der Waals surface area contributed by atoms with Crippen molar-refractivity contribution < 1.29 is 19.1 Å². The minimum absolute atomic E-state index is 0.0348. The van der Waals surface area contributed by atoms with E-state index in [9.17, 15) is 19.2 Å². The SMILES string of the molecule is O=C(CCN1C(=O)NC2(CCCC2)C1=O)OCc1nc2ccccc2c(=O)[nH]1. The Labute approximate surface area is 160 Å². The monoisotopic (exact) mass is 384 g/mol. The van der Waals surface area contributed by atoms with Gasteiger partial charge in [0.1, 0.15) is 18.0 Å². The highest BCUT2D eigenvalue weighted by molar-refractivity contribution is 6.07. The van der Waals surface area contributed by atoms with Gasteiger partial charge in [-0.15, -0.1) is 0 Å². The van der Waals surface area contributed by atoms with Gasteiger partial charge in [-0.1, -0.05) is 25.0 Å². The molecule has 2 N–H and O–H groups in total. The van der Waals surface area contributed by atoms with Crippen molar-refractivity contribution in [1.29, 1.82) is 0 Å². The third-order valence-corrected chi connectivity index (χ3v) is 5.27. The van der Waals surface area contributed by atoms with Crippen LogP contribution in [0.2, 0.25) is 0 Å². The zero-order valence-electron chi connectivity index (χ0n) is 15.2. The fourth-order valence-electron chi connectivity index (χ4n) is 3.82. The van der Waals surface area contributed by atoms with E-state index in [0.29, 0.717) is 23.7 Å². The lowest BCUT2D eigenvalue weighted by Crippen LogP contribution is -2.44. The number of aromatic amines is 1. The predicted octanol–water partition coefficient (Wildman–Crippen LogP) is 1.22. The first-order chi connectivity index (χ1) is 13.5. The van der Waals surface area contributed by atoms with E-state index >= 15 is 0 Å². The van der Waals surface area contributed by atoms with Crippen molar-refractivity contribution in [3.8, 4) is 0 Å². The molecule has 146 valence electrons. The van der Waals surface area contributed by atoms with Gasteiger partial charge in [-0.3, -0.25) is 19.3 Å². The fraction of sp³-hybridized carbons (Fsp3) is 0.421. The quantitative estimate of drug-likeness (QED) is 0.591. The molecule has 9 nitrogen and oxygen atoms in total. The molecule has 1 saturated carbocycles. The Kier molecular flexibility index (Phi) is 4.58. The zero-order chi connectivity index (χ0) is 19.7. The minimum atomic E-state index is -0.782. The summed E-state index contributed by atoms with van der Waals surface area (Å²) < 4.78 is 5.14. The highest BCUT2D eigenvalue weighted by Gasteiger charge is 2.52. The van der Waals surface area contributed by atoms with Gasteiger partial charge in [0.15, 0.2) is 0 Å². The molecule has 2 aliphatic rings. The van der Waals surface area contributed by atoms with Crippen molar-refractivity contribution in [2.75, 3.05) is 6.54 Å².